The van der Waals surface area contributed by atoms with E-state index in [1.54, 1.807) is 10.9 Å². The smallest absolute Gasteiger partial charge is 0.307 e. The van der Waals surface area contributed by atoms with Crippen LogP contribution in [0.15, 0.2) is 35.0 Å². The van der Waals surface area contributed by atoms with Crippen LogP contribution in [0.3, 0.4) is 0 Å². The molecule has 2 N–H and O–H groups in total. The maximum atomic E-state index is 12.9. The highest BCUT2D eigenvalue weighted by Gasteiger charge is 2.27. The van der Waals surface area contributed by atoms with Crippen molar-refractivity contribution in [3.63, 3.8) is 0 Å². The molecule has 0 fully saturated rings. The average Bonchev–Trinajstić information content (AvgIpc) is 3.47. The second-order valence-electron chi connectivity index (χ2n) is 9.20. The zero-order chi connectivity index (χ0) is 22.5. The molecule has 8 nitrogen and oxygen atoms in total. The Morgan fingerprint density at radius 2 is 1.81 bits per heavy atom. The van der Waals surface area contributed by atoms with Crippen LogP contribution in [0, 0.1) is 0 Å². The van der Waals surface area contributed by atoms with Crippen molar-refractivity contribution in [2.75, 3.05) is 25.5 Å². The Hall–Kier alpha value is -2.65. The molecule has 32 heavy (non-hydrogen) atoms. The van der Waals surface area contributed by atoms with Gasteiger partial charge in [-0.25, -0.2) is 9.52 Å². The molecule has 2 amide bonds. The molecule has 0 bridgehead atoms. The molecule has 1 aromatic heterocycles. The zero-order valence-corrected chi connectivity index (χ0v) is 19.3. The molecule has 3 aliphatic rings. The highest BCUT2D eigenvalue weighted by atomic mass is 32.2. The Balaban J connectivity index is 1.34. The standard InChI is InChI=1S/C23H29N5O3S/c1-15-11-18(14-27(2)13-15)28-10-9-21(25-28)32(30,31)26-23(29)24-22-19-7-3-5-16(19)12-17-6-4-8-20(17)22/h9-12,18H,3-8,13-14H2,1-2H3,(H2,24,26,29). The van der Waals surface area contributed by atoms with Crippen molar-refractivity contribution in [1.82, 2.24) is 19.4 Å². The van der Waals surface area contributed by atoms with Crippen LogP contribution in [-0.2, 0) is 35.7 Å². The summed E-state index contributed by atoms with van der Waals surface area (Å²) in [6.45, 7) is 3.68. The van der Waals surface area contributed by atoms with E-state index in [1.807, 2.05) is 14.0 Å². The number of hydrogen-bond donors (Lipinski definition) is 2. The summed E-state index contributed by atoms with van der Waals surface area (Å²) in [4.78, 5) is 14.9. The molecule has 9 heteroatoms. The van der Waals surface area contributed by atoms with Crippen LogP contribution in [0.5, 0.6) is 0 Å². The van der Waals surface area contributed by atoms with E-state index in [4.69, 9.17) is 0 Å². The number of rotatable bonds is 4. The molecule has 5 rings (SSSR count). The lowest BCUT2D eigenvalue weighted by Gasteiger charge is -2.28. The Kier molecular flexibility index (Phi) is 5.33. The van der Waals surface area contributed by atoms with Gasteiger partial charge in [0.05, 0.1) is 6.04 Å². The van der Waals surface area contributed by atoms with E-state index < -0.39 is 16.1 Å². The van der Waals surface area contributed by atoms with Crippen LogP contribution < -0.4 is 10.0 Å². The van der Waals surface area contributed by atoms with E-state index in [-0.39, 0.29) is 11.1 Å². The Bertz CT molecular complexity index is 1180. The number of sulfonamides is 1. The fourth-order valence-corrected chi connectivity index (χ4v) is 6.17. The monoisotopic (exact) mass is 455 g/mol. The van der Waals surface area contributed by atoms with Gasteiger partial charge in [-0.15, -0.1) is 0 Å². The maximum absolute atomic E-state index is 12.9. The molecule has 1 atom stereocenters. The average molecular weight is 456 g/mol. The first kappa shape index (κ1) is 21.2. The van der Waals surface area contributed by atoms with Crippen molar-refractivity contribution in [3.8, 4) is 0 Å². The first-order valence-corrected chi connectivity index (χ1v) is 12.7. The third-order valence-corrected chi connectivity index (χ3v) is 7.86. The molecule has 2 aromatic rings. The molecular weight excluding hydrogens is 426 g/mol. The summed E-state index contributed by atoms with van der Waals surface area (Å²) < 4.78 is 29.5. The summed E-state index contributed by atoms with van der Waals surface area (Å²) in [5, 5.41) is 6.98. The minimum atomic E-state index is -4.08. The Labute approximate surface area is 188 Å². The van der Waals surface area contributed by atoms with Crippen LogP contribution in [-0.4, -0.2) is 49.3 Å². The number of nitrogens with one attached hydrogen (secondary N) is 2. The number of amides is 2. The number of fused-ring (bicyclic) bond motifs is 2. The predicted molar refractivity (Wildman–Crippen MR) is 122 cm³/mol. The van der Waals surface area contributed by atoms with E-state index in [0.717, 1.165) is 68.4 Å². The number of carbonyl (C=O) groups excluding carboxylic acids is 1. The summed E-state index contributed by atoms with van der Waals surface area (Å²) in [6, 6.07) is 2.93. The largest absolute Gasteiger partial charge is 0.333 e. The van der Waals surface area contributed by atoms with Gasteiger partial charge < -0.3 is 10.2 Å². The normalized spacial score (nSPS) is 20.6. The van der Waals surface area contributed by atoms with Crippen molar-refractivity contribution >= 4 is 21.7 Å². The minimum Gasteiger partial charge on any atom is -0.307 e. The lowest BCUT2D eigenvalue weighted by Crippen LogP contribution is -2.35. The number of aryl methyl sites for hydroxylation is 2. The van der Waals surface area contributed by atoms with Gasteiger partial charge in [0.1, 0.15) is 0 Å². The van der Waals surface area contributed by atoms with E-state index in [1.165, 1.54) is 22.8 Å². The fourth-order valence-electron chi connectivity index (χ4n) is 5.33. The zero-order valence-electron chi connectivity index (χ0n) is 18.5. The lowest BCUT2D eigenvalue weighted by atomic mass is 9.99. The van der Waals surface area contributed by atoms with E-state index in [0.29, 0.717) is 0 Å². The van der Waals surface area contributed by atoms with Gasteiger partial charge in [0.25, 0.3) is 10.0 Å². The molecular formula is C23H29N5O3S. The van der Waals surface area contributed by atoms with Crippen LogP contribution in [0.1, 0.15) is 48.1 Å². The fraction of sp³-hybridized carbons (Fsp3) is 0.478. The second kappa shape index (κ2) is 8.04. The Morgan fingerprint density at radius 3 is 2.47 bits per heavy atom. The molecule has 170 valence electrons. The van der Waals surface area contributed by atoms with Crippen molar-refractivity contribution in [2.24, 2.45) is 0 Å². The summed E-state index contributed by atoms with van der Waals surface area (Å²) >= 11 is 0. The number of benzene rings is 1. The lowest BCUT2D eigenvalue weighted by molar-refractivity contribution is 0.256. The first-order chi connectivity index (χ1) is 15.3. The van der Waals surface area contributed by atoms with Crippen molar-refractivity contribution in [2.45, 2.75) is 56.5 Å². The number of urea groups is 1. The predicted octanol–water partition coefficient (Wildman–Crippen LogP) is 2.80. The highest BCUT2D eigenvalue weighted by Crippen LogP contribution is 2.38. The molecule has 2 heterocycles. The summed E-state index contributed by atoms with van der Waals surface area (Å²) in [5.41, 5.74) is 6.91. The van der Waals surface area contributed by atoms with Gasteiger partial charge >= 0.3 is 6.03 Å². The van der Waals surface area contributed by atoms with Gasteiger partial charge in [-0.05, 0) is 80.8 Å². The molecule has 0 radical (unpaired) electrons. The van der Waals surface area contributed by atoms with E-state index in [9.17, 15) is 13.2 Å². The molecule has 1 aromatic carbocycles. The SMILES string of the molecule is CC1=CC(n2ccc(S(=O)(=O)NC(=O)Nc3c4c(cc5c3CCC5)CCC4)n2)CN(C)C1. The van der Waals surface area contributed by atoms with Crippen molar-refractivity contribution in [3.05, 3.63) is 52.2 Å². The van der Waals surface area contributed by atoms with Crippen LogP contribution >= 0.6 is 0 Å². The number of likely N-dealkylation sites (N-methyl/N-ethyl adjacent to an activating group) is 1. The summed E-state index contributed by atoms with van der Waals surface area (Å²) in [6.07, 6.45) is 9.73. The minimum absolute atomic E-state index is 0.0407. The first-order valence-electron chi connectivity index (χ1n) is 11.2. The molecule has 0 saturated carbocycles. The number of aromatic nitrogens is 2. The van der Waals surface area contributed by atoms with E-state index >= 15 is 0 Å². The third-order valence-electron chi connectivity index (χ3n) is 6.63. The van der Waals surface area contributed by atoms with Crippen LogP contribution in [0.4, 0.5) is 10.5 Å². The second-order valence-corrected chi connectivity index (χ2v) is 10.8. The van der Waals surface area contributed by atoms with E-state index in [2.05, 4.69) is 32.2 Å². The van der Waals surface area contributed by atoms with Gasteiger partial charge in [0.2, 0.25) is 0 Å². The van der Waals surface area contributed by atoms with Gasteiger partial charge in [0.15, 0.2) is 5.03 Å². The van der Waals surface area contributed by atoms with Gasteiger partial charge in [-0.3, -0.25) is 4.68 Å². The molecule has 0 saturated heterocycles. The molecule has 2 aliphatic carbocycles. The number of anilines is 1. The van der Waals surface area contributed by atoms with Crippen molar-refractivity contribution in [1.29, 1.82) is 0 Å². The highest BCUT2D eigenvalue weighted by molar-refractivity contribution is 7.90. The maximum Gasteiger partial charge on any atom is 0.333 e. The topological polar surface area (TPSA) is 96.3 Å². The quantitative estimate of drug-likeness (QED) is 0.691. The summed E-state index contributed by atoms with van der Waals surface area (Å²) in [7, 11) is -2.06. The van der Waals surface area contributed by atoms with Gasteiger partial charge in [-0.2, -0.15) is 13.5 Å². The summed E-state index contributed by atoms with van der Waals surface area (Å²) in [5.74, 6) is 0. The molecule has 0 spiro atoms. The van der Waals surface area contributed by atoms with Gasteiger partial charge in [0, 0.05) is 25.0 Å². The Morgan fingerprint density at radius 1 is 1.12 bits per heavy atom. The number of carbonyl (C=O) groups is 1. The van der Waals surface area contributed by atoms with Gasteiger partial charge in [-0.1, -0.05) is 17.7 Å². The van der Waals surface area contributed by atoms with Crippen LogP contribution in [0.2, 0.25) is 0 Å². The van der Waals surface area contributed by atoms with Crippen LogP contribution in [0.25, 0.3) is 0 Å². The molecule has 1 unspecified atom stereocenters. The molecule has 1 aliphatic heterocycles. The number of nitrogens with zero attached hydrogens (tertiary/aromatic N) is 3. The van der Waals surface area contributed by atoms with Crippen molar-refractivity contribution < 1.29 is 13.2 Å². The third kappa shape index (κ3) is 3.95. The number of hydrogen-bond acceptors (Lipinski definition) is 5.